The largest absolute Gasteiger partial charge is 0.481 e. The van der Waals surface area contributed by atoms with Gasteiger partial charge in [-0.05, 0) is 97.7 Å². The highest BCUT2D eigenvalue weighted by Crippen LogP contribution is 2.72. The van der Waals surface area contributed by atoms with Crippen LogP contribution in [0.3, 0.4) is 0 Å². The van der Waals surface area contributed by atoms with Gasteiger partial charge in [0.1, 0.15) is 18.9 Å². The van der Waals surface area contributed by atoms with Crippen molar-refractivity contribution in [1.29, 1.82) is 0 Å². The number of likely N-dealkylation sites (N-methyl/N-ethyl adjacent to an activating group) is 10. The van der Waals surface area contributed by atoms with Gasteiger partial charge in [-0.3, -0.25) is 76.7 Å². The maximum absolute atomic E-state index is 18.1. The fourth-order valence-corrected chi connectivity index (χ4v) is 18.1. The molecule has 10 atom stereocenters. The Morgan fingerprint density at radius 1 is 0.595 bits per heavy atom. The summed E-state index contributed by atoms with van der Waals surface area (Å²) in [5, 5.41) is 26.8. The number of halogens is 2. The van der Waals surface area contributed by atoms with Crippen LogP contribution in [0, 0.1) is 28.6 Å². The van der Waals surface area contributed by atoms with Crippen LogP contribution in [0.25, 0.3) is 22.3 Å². The Morgan fingerprint density at radius 2 is 1.02 bits per heavy atom. The first-order chi connectivity index (χ1) is 61.1. The fourth-order valence-electron chi connectivity index (χ4n) is 16.1. The van der Waals surface area contributed by atoms with E-state index < -0.39 is 292 Å². The molecule has 1 aromatic carbocycles. The van der Waals surface area contributed by atoms with Gasteiger partial charge < -0.3 is 89.1 Å². The first kappa shape index (κ1) is 104. The second-order valence-corrected chi connectivity index (χ2v) is 38.3. The van der Waals surface area contributed by atoms with Crippen LogP contribution in [0.1, 0.15) is 73.8 Å². The average Bonchev–Trinajstić information content (AvgIpc) is 1.57. The summed E-state index contributed by atoms with van der Waals surface area (Å²) < 4.78 is 99.7. The molecule has 3 saturated carbocycles. The molecule has 43 nitrogen and oxygen atoms in total. The van der Waals surface area contributed by atoms with Crippen molar-refractivity contribution >= 4 is 131 Å². The Hall–Kier alpha value is -12.4. The summed E-state index contributed by atoms with van der Waals surface area (Å²) >= 11 is 0.684. The van der Waals surface area contributed by atoms with E-state index in [0.717, 1.165) is 73.7 Å². The van der Waals surface area contributed by atoms with Crippen LogP contribution >= 0.6 is 11.8 Å². The monoisotopic (exact) mass is 1890 g/mol. The summed E-state index contributed by atoms with van der Waals surface area (Å²) in [5.41, 5.74) is -6.70. The number of allylic oxidation sites excluding steroid dienone is 4. The lowest BCUT2D eigenvalue weighted by atomic mass is 9.44. The van der Waals surface area contributed by atoms with Crippen molar-refractivity contribution in [3.8, 4) is 22.3 Å². The van der Waals surface area contributed by atoms with Crippen LogP contribution in [0.4, 0.5) is 8.78 Å². The number of fused-ring (bicyclic) bond motifs is 5. The summed E-state index contributed by atoms with van der Waals surface area (Å²) in [6, 6.07) is 5.67. The molecule has 3 aromatic heterocycles. The van der Waals surface area contributed by atoms with Crippen molar-refractivity contribution in [1.82, 2.24) is 84.9 Å². The van der Waals surface area contributed by atoms with Gasteiger partial charge in [-0.2, -0.15) is 0 Å². The number of thioether (sulfide) groups is 1. The molecule has 48 heteroatoms. The van der Waals surface area contributed by atoms with Crippen molar-refractivity contribution in [3.63, 3.8) is 0 Å². The third-order valence-electron chi connectivity index (χ3n) is 23.7. The minimum atomic E-state index is -3.78. The van der Waals surface area contributed by atoms with Crippen LogP contribution in [0.15, 0.2) is 99.9 Å². The number of aliphatic hydroxyl groups is 1. The van der Waals surface area contributed by atoms with Gasteiger partial charge in [0.05, 0.1) is 91.0 Å². The zero-order valence-electron chi connectivity index (χ0n) is 74.8. The number of furan rings is 1. The quantitative estimate of drug-likeness (QED) is 0.0142. The number of benzene rings is 1. The standard InChI is InChI=1S/C83H107F2N17O26S3/c1-48-25-55-56-30-58(84)57-29-54(103)20-21-80(57,2)82(56,85)61(104)31-81(55,3)83(48,128-76(120)60-17-16-22-127-60)77(121)129-24-23-126-47-91-74(118)59(18-19-73(116)117)92-62(105)36-86-63(106)37-93(4)64(107)38-94(5)65(108)39-95(6)66(109)40-96(7)67(110)41-97(8)68(111)42-98(9)69(112)43-99(10)70(113)44-100(11)71(114)45-101(12)72(115)46-102(13)75(119)51-27-49(52-32-87-78(88-33-52)130(14,122)123)26-50(28-51)53-34-89-79(90-35-53)131(15,124)125/h16-17,20-22,26-29,32-35,48,55-56,58-59,61,104H,18-19,23-25,30-31,36-47H2,1-15H3,(H,86,106)(H,91,118)(H,92,105)(H,116,117)/t48-,55+,56+,58+,59+,61+,80+,81+,82+,83+/m1/s1. The highest BCUT2D eigenvalue weighted by molar-refractivity contribution is 8.13. The summed E-state index contributed by atoms with van der Waals surface area (Å²) in [5.74, 6) is -16.2. The van der Waals surface area contributed by atoms with Crippen molar-refractivity contribution in [2.24, 2.45) is 28.6 Å². The molecule has 4 aromatic rings. The molecule has 5 N–H and O–H groups in total. The normalized spacial score (nSPS) is 20.8. The number of aliphatic hydroxyl groups excluding tert-OH is 1. The van der Waals surface area contributed by atoms with Gasteiger partial charge in [-0.15, -0.1) is 0 Å². The number of esters is 1. The molecule has 0 unspecified atom stereocenters. The number of nitrogens with one attached hydrogen (secondary N) is 3. The number of ether oxygens (including phenoxy) is 2. The minimum Gasteiger partial charge on any atom is -0.481 e. The predicted octanol–water partition coefficient (Wildman–Crippen LogP) is -1.83. The molecular formula is C83H107F2N17O26S3. The summed E-state index contributed by atoms with van der Waals surface area (Å²) in [4.78, 5) is 251. The molecule has 3 heterocycles. The molecule has 8 rings (SSSR count). The average molecular weight is 1890 g/mol. The SMILES string of the molecule is C[C@@H]1C[C@H]2[C@@H]3C[C@H](F)C4=CC(=O)C=C[C@]4(C)[C@@]3(F)[C@@H](O)C[C@]2(C)[C@@]1(OC(=O)c1ccco1)C(=O)SCCOCNC(=O)[C@H](CCC(=O)O)NC(=O)CNC(=O)CN(C)C(=O)CN(C)C(=O)CN(C)C(=O)CN(C)C(=O)CN(C)C(=O)CN(C)C(=O)CN(C)C(=O)CN(C)C(=O)CN(C)C(=O)CN(C)C(=O)c1cc(-c2cnc(S(C)(=O)=O)nc2)cc(-c2cnc(S(C)(=O)=O)nc2)c1. The van der Waals surface area contributed by atoms with Crippen LogP contribution in [0.5, 0.6) is 0 Å². The van der Waals surface area contributed by atoms with Crippen LogP contribution in [-0.2, 0) is 101 Å². The number of hydrogen-bond acceptors (Lipinski definition) is 30. The third-order valence-corrected chi connectivity index (χ3v) is 26.4. The number of amides is 13. The van der Waals surface area contributed by atoms with Gasteiger partial charge in [0.15, 0.2) is 17.1 Å². The smallest absolute Gasteiger partial charge is 0.375 e. The maximum atomic E-state index is 18.1. The molecular weight excluding hydrogens is 1790 g/mol. The fraction of sp³-hybridized carbons (Fsp3) is 0.530. The number of carbonyl (C=O) groups excluding carboxylic acids is 16. The summed E-state index contributed by atoms with van der Waals surface area (Å²) in [6.07, 6.45) is 5.99. The number of carboxylic acids is 1. The van der Waals surface area contributed by atoms with E-state index in [1.807, 2.05) is 0 Å². The van der Waals surface area contributed by atoms with Gasteiger partial charge in [0.25, 0.3) is 5.91 Å². The van der Waals surface area contributed by atoms with Crippen molar-refractivity contribution in [3.05, 3.63) is 96.5 Å². The Bertz CT molecular complexity index is 5310. The third kappa shape index (κ3) is 24.8. The summed E-state index contributed by atoms with van der Waals surface area (Å²) in [7, 11) is 5.01. The van der Waals surface area contributed by atoms with Gasteiger partial charge in [-0.25, -0.2) is 50.3 Å². The lowest BCUT2D eigenvalue weighted by molar-refractivity contribution is -0.221. The second-order valence-electron chi connectivity index (χ2n) is 33.4. The lowest BCUT2D eigenvalue weighted by Gasteiger charge is -2.63. The molecule has 0 bridgehead atoms. The Kier molecular flexibility index (Phi) is 34.2. The Balaban J connectivity index is 0.710. The van der Waals surface area contributed by atoms with Crippen LogP contribution in [-0.4, -0.2) is 399 Å². The van der Waals surface area contributed by atoms with E-state index in [1.54, 1.807) is 19.9 Å². The predicted molar refractivity (Wildman–Crippen MR) is 459 cm³/mol. The zero-order chi connectivity index (χ0) is 97.7. The van der Waals surface area contributed by atoms with Crippen LogP contribution < -0.4 is 16.0 Å². The molecule has 131 heavy (non-hydrogen) atoms. The number of aromatic nitrogens is 4. The first-order valence-electron chi connectivity index (χ1n) is 40.7. The number of carbonyl (C=O) groups is 17. The molecule has 13 amide bonds. The number of nitrogens with zero attached hydrogens (tertiary/aromatic N) is 14. The minimum absolute atomic E-state index is 0.000540. The number of aliphatic carboxylic acids is 1. The molecule has 0 aliphatic heterocycles. The number of rotatable bonds is 40. The van der Waals surface area contributed by atoms with Gasteiger partial charge >= 0.3 is 11.9 Å². The molecule has 4 aliphatic carbocycles. The second kappa shape index (κ2) is 43.1. The molecule has 4 aliphatic rings. The molecule has 0 saturated heterocycles. The molecule has 0 radical (unpaired) electrons. The van der Waals surface area contributed by atoms with E-state index in [0.29, 0.717) is 22.9 Å². The van der Waals surface area contributed by atoms with Crippen molar-refractivity contribution < 1.29 is 131 Å². The number of ketones is 1. The molecule has 3 fully saturated rings. The highest BCUT2D eigenvalue weighted by atomic mass is 32.2. The van der Waals surface area contributed by atoms with Crippen LogP contribution in [0.2, 0.25) is 0 Å². The van der Waals surface area contributed by atoms with E-state index in [2.05, 4.69) is 35.9 Å². The number of alkyl halides is 2. The van der Waals surface area contributed by atoms with Gasteiger partial charge in [0, 0.05) is 159 Å². The van der Waals surface area contributed by atoms with Gasteiger partial charge in [0.2, 0.25) is 112 Å². The number of sulfone groups is 2. The summed E-state index contributed by atoms with van der Waals surface area (Å²) in [6.45, 7) is -2.74. The molecule has 0 spiro atoms. The first-order valence-corrected chi connectivity index (χ1v) is 45.5. The van der Waals surface area contributed by atoms with E-state index in [1.165, 1.54) is 139 Å². The van der Waals surface area contributed by atoms with Crippen molar-refractivity contribution in [2.75, 3.05) is 174 Å². The van der Waals surface area contributed by atoms with Crippen molar-refractivity contribution in [2.45, 2.75) is 92.8 Å². The van der Waals surface area contributed by atoms with E-state index in [-0.39, 0.29) is 46.8 Å². The lowest BCUT2D eigenvalue weighted by Crippen LogP contribution is -2.70. The van der Waals surface area contributed by atoms with E-state index >= 15 is 8.78 Å². The van der Waals surface area contributed by atoms with E-state index in [9.17, 15) is 109 Å². The molecule has 712 valence electrons. The zero-order valence-corrected chi connectivity index (χ0v) is 77.3. The number of hydrogen-bond donors (Lipinski definition) is 5. The Morgan fingerprint density at radius 3 is 1.44 bits per heavy atom. The Labute approximate surface area is 757 Å². The topological polar surface area (TPSA) is 551 Å². The number of carboxylic acid groups (broad SMARTS) is 1. The maximum Gasteiger partial charge on any atom is 0.375 e. The highest BCUT2D eigenvalue weighted by Gasteiger charge is 2.78. The van der Waals surface area contributed by atoms with E-state index in [4.69, 9.17) is 13.9 Å². The van der Waals surface area contributed by atoms with Gasteiger partial charge in [-0.1, -0.05) is 31.7 Å².